The monoisotopic (exact) mass is 392 g/mol. The number of hydrogen-bond acceptors (Lipinski definition) is 4. The van der Waals surface area contributed by atoms with Crippen LogP contribution in [0, 0.1) is 13.8 Å². The normalized spacial score (nSPS) is 9.36. The summed E-state index contributed by atoms with van der Waals surface area (Å²) in [5.41, 5.74) is 4.74. The molecule has 0 atom stereocenters. The van der Waals surface area contributed by atoms with E-state index in [1.807, 2.05) is 38.1 Å². The standard InChI is InChI=1S/2C11H16O2.2CH4/c2*1-4-13-8-10-5-9(2)6-11(7-10)12-3;;/h2*5-7H,4,8H2,1-3H3;2*1H4. The van der Waals surface area contributed by atoms with E-state index in [0.717, 1.165) is 24.7 Å². The predicted octanol–water partition coefficient (Wildman–Crippen LogP) is 6.35. The van der Waals surface area contributed by atoms with Gasteiger partial charge in [0.05, 0.1) is 27.4 Å². The summed E-state index contributed by atoms with van der Waals surface area (Å²) >= 11 is 0. The van der Waals surface area contributed by atoms with Crippen molar-refractivity contribution in [2.24, 2.45) is 0 Å². The highest BCUT2D eigenvalue weighted by Crippen LogP contribution is 2.17. The van der Waals surface area contributed by atoms with E-state index in [4.69, 9.17) is 18.9 Å². The van der Waals surface area contributed by atoms with E-state index in [1.54, 1.807) is 14.2 Å². The lowest BCUT2D eigenvalue weighted by molar-refractivity contribution is 0.134. The number of ether oxygens (including phenoxy) is 4. The molecule has 4 nitrogen and oxygen atoms in total. The molecule has 2 aromatic rings. The van der Waals surface area contributed by atoms with Crippen molar-refractivity contribution < 1.29 is 18.9 Å². The second kappa shape index (κ2) is 16.0. The molecule has 0 aliphatic heterocycles. The molecule has 0 bridgehead atoms. The van der Waals surface area contributed by atoms with Crippen molar-refractivity contribution in [3.63, 3.8) is 0 Å². The molecule has 0 saturated carbocycles. The second-order valence-electron chi connectivity index (χ2n) is 5.99. The van der Waals surface area contributed by atoms with Crippen LogP contribution in [0.3, 0.4) is 0 Å². The van der Waals surface area contributed by atoms with Crippen molar-refractivity contribution >= 4 is 0 Å². The zero-order chi connectivity index (χ0) is 19.4. The fourth-order valence-electron chi connectivity index (χ4n) is 2.49. The fraction of sp³-hybridized carbons (Fsp3) is 0.500. The van der Waals surface area contributed by atoms with Gasteiger partial charge in [-0.3, -0.25) is 0 Å². The molecule has 160 valence electrons. The lowest BCUT2D eigenvalue weighted by Gasteiger charge is -2.06. The lowest BCUT2D eigenvalue weighted by atomic mass is 10.1. The summed E-state index contributed by atoms with van der Waals surface area (Å²) in [5, 5.41) is 0. The van der Waals surface area contributed by atoms with Crippen LogP contribution in [-0.4, -0.2) is 27.4 Å². The minimum atomic E-state index is 0. The van der Waals surface area contributed by atoms with Gasteiger partial charge < -0.3 is 18.9 Å². The maximum absolute atomic E-state index is 5.32. The topological polar surface area (TPSA) is 36.9 Å². The first-order valence-corrected chi connectivity index (χ1v) is 8.96. The molecule has 0 fully saturated rings. The third kappa shape index (κ3) is 11.0. The average molecular weight is 393 g/mol. The summed E-state index contributed by atoms with van der Waals surface area (Å²) in [6.07, 6.45) is 0. The average Bonchev–Trinajstić information content (AvgIpc) is 2.64. The quantitative estimate of drug-likeness (QED) is 0.524. The first-order chi connectivity index (χ1) is 12.5. The van der Waals surface area contributed by atoms with Crippen molar-refractivity contribution in [1.82, 2.24) is 0 Å². The molecular formula is C24H40O4. The number of benzene rings is 2. The van der Waals surface area contributed by atoms with Crippen molar-refractivity contribution in [2.75, 3.05) is 27.4 Å². The van der Waals surface area contributed by atoms with Crippen LogP contribution in [0.5, 0.6) is 11.5 Å². The molecule has 0 aromatic heterocycles. The van der Waals surface area contributed by atoms with E-state index >= 15 is 0 Å². The molecule has 0 radical (unpaired) electrons. The van der Waals surface area contributed by atoms with Gasteiger partial charge in [-0.05, 0) is 74.2 Å². The highest BCUT2D eigenvalue weighted by Gasteiger charge is 1.99. The Hall–Kier alpha value is -2.04. The third-order valence-corrected chi connectivity index (χ3v) is 3.64. The van der Waals surface area contributed by atoms with E-state index in [2.05, 4.69) is 26.0 Å². The molecule has 0 aliphatic carbocycles. The summed E-state index contributed by atoms with van der Waals surface area (Å²) < 4.78 is 21.0. The number of rotatable bonds is 8. The zero-order valence-corrected chi connectivity index (χ0v) is 16.9. The molecule has 2 rings (SSSR count). The first kappa shape index (κ1) is 28.2. The van der Waals surface area contributed by atoms with Crippen LogP contribution in [0.25, 0.3) is 0 Å². The molecule has 28 heavy (non-hydrogen) atoms. The van der Waals surface area contributed by atoms with Crippen molar-refractivity contribution in [3.8, 4) is 11.5 Å². The van der Waals surface area contributed by atoms with Gasteiger partial charge in [-0.1, -0.05) is 27.0 Å². The van der Waals surface area contributed by atoms with Gasteiger partial charge in [0.15, 0.2) is 0 Å². The molecule has 2 aromatic carbocycles. The zero-order valence-electron chi connectivity index (χ0n) is 16.9. The Morgan fingerprint density at radius 2 is 0.964 bits per heavy atom. The number of methoxy groups -OCH3 is 2. The van der Waals surface area contributed by atoms with Gasteiger partial charge in [0.25, 0.3) is 0 Å². The Morgan fingerprint density at radius 3 is 1.25 bits per heavy atom. The highest BCUT2D eigenvalue weighted by atomic mass is 16.5. The maximum Gasteiger partial charge on any atom is 0.119 e. The Morgan fingerprint density at radius 1 is 0.607 bits per heavy atom. The fourth-order valence-corrected chi connectivity index (χ4v) is 2.49. The minimum absolute atomic E-state index is 0. The predicted molar refractivity (Wildman–Crippen MR) is 120 cm³/mol. The van der Waals surface area contributed by atoms with Crippen molar-refractivity contribution in [3.05, 3.63) is 58.7 Å². The van der Waals surface area contributed by atoms with Gasteiger partial charge in [-0.15, -0.1) is 0 Å². The van der Waals surface area contributed by atoms with Crippen LogP contribution in [-0.2, 0) is 22.7 Å². The molecule has 0 spiro atoms. The maximum atomic E-state index is 5.32. The van der Waals surface area contributed by atoms with Crippen LogP contribution in [0.2, 0.25) is 0 Å². The van der Waals surface area contributed by atoms with Crippen LogP contribution >= 0.6 is 0 Å². The van der Waals surface area contributed by atoms with Crippen molar-refractivity contribution in [1.29, 1.82) is 0 Å². The minimum Gasteiger partial charge on any atom is -0.497 e. The first-order valence-electron chi connectivity index (χ1n) is 8.96. The van der Waals surface area contributed by atoms with Gasteiger partial charge in [0.1, 0.15) is 11.5 Å². The van der Waals surface area contributed by atoms with Gasteiger partial charge in [0, 0.05) is 13.2 Å². The van der Waals surface area contributed by atoms with Crippen LogP contribution in [0.1, 0.15) is 51.0 Å². The van der Waals surface area contributed by atoms with Crippen molar-refractivity contribution in [2.45, 2.75) is 55.8 Å². The summed E-state index contributed by atoms with van der Waals surface area (Å²) in [7, 11) is 3.36. The molecule has 0 unspecified atom stereocenters. The van der Waals surface area contributed by atoms with Gasteiger partial charge in [-0.2, -0.15) is 0 Å². The van der Waals surface area contributed by atoms with Gasteiger partial charge in [-0.25, -0.2) is 0 Å². The van der Waals surface area contributed by atoms with Gasteiger partial charge >= 0.3 is 0 Å². The van der Waals surface area contributed by atoms with Crippen LogP contribution in [0.4, 0.5) is 0 Å². The number of aryl methyl sites for hydroxylation is 2. The Bertz CT molecular complexity index is 596. The Balaban J connectivity index is 0. The van der Waals surface area contributed by atoms with E-state index in [9.17, 15) is 0 Å². The lowest BCUT2D eigenvalue weighted by Crippen LogP contribution is -1.93. The highest BCUT2D eigenvalue weighted by molar-refractivity contribution is 5.34. The van der Waals surface area contributed by atoms with E-state index < -0.39 is 0 Å². The second-order valence-corrected chi connectivity index (χ2v) is 5.99. The molecule has 0 N–H and O–H groups in total. The Labute approximate surface area is 172 Å². The van der Waals surface area contributed by atoms with Crippen LogP contribution < -0.4 is 9.47 Å². The SMILES string of the molecule is C.C.CCOCc1cc(C)cc(OC)c1.CCOCc1cc(C)cc(OC)c1. The molecular weight excluding hydrogens is 352 g/mol. The largest absolute Gasteiger partial charge is 0.497 e. The van der Waals surface area contributed by atoms with E-state index in [-0.39, 0.29) is 14.9 Å². The van der Waals surface area contributed by atoms with Gasteiger partial charge in [0.2, 0.25) is 0 Å². The summed E-state index contributed by atoms with van der Waals surface area (Å²) in [6.45, 7) is 10.9. The summed E-state index contributed by atoms with van der Waals surface area (Å²) in [5.74, 6) is 1.80. The number of hydrogen-bond donors (Lipinski definition) is 0. The molecule has 0 amide bonds. The third-order valence-electron chi connectivity index (χ3n) is 3.64. The summed E-state index contributed by atoms with van der Waals surface area (Å²) in [6, 6.07) is 12.2. The van der Waals surface area contributed by atoms with E-state index in [0.29, 0.717) is 13.2 Å². The Kier molecular flexibility index (Phi) is 16.1. The smallest absolute Gasteiger partial charge is 0.119 e. The van der Waals surface area contributed by atoms with E-state index in [1.165, 1.54) is 22.3 Å². The molecule has 4 heteroatoms. The molecule has 0 heterocycles. The molecule has 0 aliphatic rings. The molecule has 0 saturated heterocycles. The van der Waals surface area contributed by atoms with Crippen LogP contribution in [0.15, 0.2) is 36.4 Å². The summed E-state index contributed by atoms with van der Waals surface area (Å²) in [4.78, 5) is 0.